The van der Waals surface area contributed by atoms with Gasteiger partial charge in [-0.2, -0.15) is 0 Å². The molecule has 2 nitrogen and oxygen atoms in total. The van der Waals surface area contributed by atoms with Gasteiger partial charge in [0.15, 0.2) is 0 Å². The fourth-order valence-corrected chi connectivity index (χ4v) is 1.83. The highest BCUT2D eigenvalue weighted by Gasteiger charge is 1.98. The van der Waals surface area contributed by atoms with Crippen molar-refractivity contribution >= 4 is 18.0 Å². The largest absolute Gasteiger partial charge is 0.378 e. The van der Waals surface area contributed by atoms with Gasteiger partial charge in [-0.1, -0.05) is 31.9 Å². The number of hydrogen-bond donors (Lipinski definition) is 0. The van der Waals surface area contributed by atoms with Gasteiger partial charge in [0, 0.05) is 19.8 Å². The molecule has 2 heteroatoms. The Kier molecular flexibility index (Phi) is 6.20. The van der Waals surface area contributed by atoms with Gasteiger partial charge in [0.2, 0.25) is 0 Å². The molecule has 0 saturated carbocycles. The third kappa shape index (κ3) is 4.74. The van der Waals surface area contributed by atoms with E-state index < -0.39 is 0 Å². The van der Waals surface area contributed by atoms with E-state index in [1.54, 1.807) is 0 Å². The third-order valence-corrected chi connectivity index (χ3v) is 2.98. The first-order valence-corrected chi connectivity index (χ1v) is 6.60. The molecule has 0 aliphatic carbocycles. The minimum absolute atomic E-state index is 0.882. The quantitative estimate of drug-likeness (QED) is 0.412. The molecule has 1 aromatic rings. The molecule has 98 valence electrons. The van der Waals surface area contributed by atoms with Crippen molar-refractivity contribution in [2.45, 2.75) is 32.6 Å². The summed E-state index contributed by atoms with van der Waals surface area (Å²) >= 11 is 0. The lowest BCUT2D eigenvalue weighted by atomic mass is 10.1. The van der Waals surface area contributed by atoms with Gasteiger partial charge in [0.05, 0.1) is 0 Å². The highest BCUT2D eigenvalue weighted by atomic mass is 16.1. The second-order valence-corrected chi connectivity index (χ2v) is 4.78. The Morgan fingerprint density at radius 3 is 2.33 bits per heavy atom. The number of carbonyl (C=O) groups excluding carboxylic acids is 1. The monoisotopic (exact) mass is 245 g/mol. The highest BCUT2D eigenvalue weighted by Crippen LogP contribution is 2.16. The maximum Gasteiger partial charge on any atom is 0.146 e. The number of anilines is 1. The molecule has 0 atom stereocenters. The van der Waals surface area contributed by atoms with Crippen molar-refractivity contribution in [3.8, 4) is 0 Å². The molecule has 0 unspecified atom stereocenters. The number of aldehydes is 1. The molecule has 0 spiro atoms. The van der Waals surface area contributed by atoms with Crippen LogP contribution >= 0.6 is 0 Å². The Morgan fingerprint density at radius 1 is 1.17 bits per heavy atom. The second kappa shape index (κ2) is 7.70. The molecule has 0 aliphatic heterocycles. The molecule has 1 aromatic carbocycles. The first-order chi connectivity index (χ1) is 8.67. The topological polar surface area (TPSA) is 20.3 Å². The lowest BCUT2D eigenvalue weighted by molar-refractivity contribution is -0.105. The van der Waals surface area contributed by atoms with E-state index >= 15 is 0 Å². The summed E-state index contributed by atoms with van der Waals surface area (Å²) in [4.78, 5) is 13.1. The lowest BCUT2D eigenvalue weighted by Gasteiger charge is -2.12. The molecule has 0 heterocycles. The van der Waals surface area contributed by atoms with E-state index in [2.05, 4.69) is 36.1 Å². The molecule has 1 rings (SSSR count). The summed E-state index contributed by atoms with van der Waals surface area (Å²) in [6.07, 6.45) is 7.32. The summed E-state index contributed by atoms with van der Waals surface area (Å²) in [5, 5.41) is 0. The molecule has 0 N–H and O–H groups in total. The minimum atomic E-state index is 0.882. The average molecular weight is 245 g/mol. The molecule has 0 bridgehead atoms. The number of unbranched alkanes of at least 4 members (excludes halogenated alkanes) is 2. The SMILES string of the molecule is CCCCCC(C=O)=Cc1ccc(N(C)C)cc1. The number of benzene rings is 1. The summed E-state index contributed by atoms with van der Waals surface area (Å²) in [7, 11) is 4.04. The number of hydrogen-bond acceptors (Lipinski definition) is 2. The van der Waals surface area contributed by atoms with E-state index in [-0.39, 0.29) is 0 Å². The molecule has 0 radical (unpaired) electrons. The van der Waals surface area contributed by atoms with Gasteiger partial charge in [-0.05, 0) is 42.2 Å². The second-order valence-electron chi connectivity index (χ2n) is 4.78. The van der Waals surface area contributed by atoms with Crippen LogP contribution in [0.1, 0.15) is 38.2 Å². The van der Waals surface area contributed by atoms with Crippen molar-refractivity contribution in [2.75, 3.05) is 19.0 Å². The van der Waals surface area contributed by atoms with E-state index in [0.717, 1.165) is 30.3 Å². The van der Waals surface area contributed by atoms with Crippen LogP contribution in [0.5, 0.6) is 0 Å². The zero-order valence-corrected chi connectivity index (χ0v) is 11.6. The Labute approximate surface area is 110 Å². The number of rotatable bonds is 7. The Morgan fingerprint density at radius 2 is 1.83 bits per heavy atom. The van der Waals surface area contributed by atoms with Gasteiger partial charge in [-0.3, -0.25) is 4.79 Å². The van der Waals surface area contributed by atoms with E-state index in [1.807, 2.05) is 20.2 Å². The van der Waals surface area contributed by atoms with Crippen molar-refractivity contribution in [1.82, 2.24) is 0 Å². The molecule has 0 aliphatic rings. The fraction of sp³-hybridized carbons (Fsp3) is 0.438. The first-order valence-electron chi connectivity index (χ1n) is 6.60. The van der Waals surface area contributed by atoms with Crippen LogP contribution in [-0.2, 0) is 4.79 Å². The predicted molar refractivity (Wildman–Crippen MR) is 79.0 cm³/mol. The van der Waals surface area contributed by atoms with Crippen LogP contribution in [0.15, 0.2) is 29.8 Å². The number of nitrogens with zero attached hydrogens (tertiary/aromatic N) is 1. The summed E-state index contributed by atoms with van der Waals surface area (Å²) in [5.74, 6) is 0. The minimum Gasteiger partial charge on any atom is -0.378 e. The Balaban J connectivity index is 2.69. The first kappa shape index (κ1) is 14.5. The normalized spacial score (nSPS) is 11.4. The molecular formula is C16H23NO. The predicted octanol–water partition coefficient (Wildman–Crippen LogP) is 3.92. The van der Waals surface area contributed by atoms with E-state index in [4.69, 9.17) is 0 Å². The van der Waals surface area contributed by atoms with Crippen LogP contribution in [0, 0.1) is 0 Å². The maximum absolute atomic E-state index is 11.0. The molecular weight excluding hydrogens is 222 g/mol. The Hall–Kier alpha value is -1.57. The summed E-state index contributed by atoms with van der Waals surface area (Å²) in [5.41, 5.74) is 3.16. The molecule has 0 saturated heterocycles. The molecule has 18 heavy (non-hydrogen) atoms. The molecule has 0 fully saturated rings. The van der Waals surface area contributed by atoms with Gasteiger partial charge < -0.3 is 4.90 Å². The molecule has 0 aromatic heterocycles. The van der Waals surface area contributed by atoms with Crippen LogP contribution < -0.4 is 4.90 Å². The van der Waals surface area contributed by atoms with Crippen LogP contribution in [0.2, 0.25) is 0 Å². The molecule has 0 amide bonds. The van der Waals surface area contributed by atoms with Gasteiger partial charge >= 0.3 is 0 Å². The van der Waals surface area contributed by atoms with Crippen molar-refractivity contribution in [2.24, 2.45) is 0 Å². The fourth-order valence-electron chi connectivity index (χ4n) is 1.83. The lowest BCUT2D eigenvalue weighted by Crippen LogP contribution is -2.07. The van der Waals surface area contributed by atoms with E-state index in [9.17, 15) is 4.79 Å². The summed E-state index contributed by atoms with van der Waals surface area (Å²) in [6.45, 7) is 2.17. The number of carbonyl (C=O) groups is 1. The standard InChI is InChI=1S/C16H23NO/c1-4-5-6-7-15(13-18)12-14-8-10-16(11-9-14)17(2)3/h8-13H,4-7H2,1-3H3. The van der Waals surface area contributed by atoms with Gasteiger partial charge in [0.1, 0.15) is 6.29 Å². The average Bonchev–Trinajstić information content (AvgIpc) is 2.38. The van der Waals surface area contributed by atoms with Crippen molar-refractivity contribution in [3.63, 3.8) is 0 Å². The maximum atomic E-state index is 11.0. The Bertz CT molecular complexity index is 390. The van der Waals surface area contributed by atoms with Crippen molar-refractivity contribution in [1.29, 1.82) is 0 Å². The number of allylic oxidation sites excluding steroid dienone is 1. The van der Waals surface area contributed by atoms with E-state index in [0.29, 0.717) is 0 Å². The smallest absolute Gasteiger partial charge is 0.146 e. The van der Waals surface area contributed by atoms with Crippen LogP contribution in [0.4, 0.5) is 5.69 Å². The zero-order valence-electron chi connectivity index (χ0n) is 11.6. The van der Waals surface area contributed by atoms with Gasteiger partial charge in [0.25, 0.3) is 0 Å². The van der Waals surface area contributed by atoms with Crippen molar-refractivity contribution < 1.29 is 4.79 Å². The third-order valence-electron chi connectivity index (χ3n) is 2.98. The van der Waals surface area contributed by atoms with E-state index in [1.165, 1.54) is 18.5 Å². The van der Waals surface area contributed by atoms with Crippen molar-refractivity contribution in [3.05, 3.63) is 35.4 Å². The van der Waals surface area contributed by atoms with Crippen LogP contribution in [0.3, 0.4) is 0 Å². The van der Waals surface area contributed by atoms with Gasteiger partial charge in [-0.25, -0.2) is 0 Å². The summed E-state index contributed by atoms with van der Waals surface area (Å²) < 4.78 is 0. The highest BCUT2D eigenvalue weighted by molar-refractivity contribution is 5.81. The van der Waals surface area contributed by atoms with Crippen LogP contribution in [-0.4, -0.2) is 20.4 Å². The zero-order chi connectivity index (χ0) is 13.4. The van der Waals surface area contributed by atoms with Crippen LogP contribution in [0.25, 0.3) is 6.08 Å². The van der Waals surface area contributed by atoms with Gasteiger partial charge in [-0.15, -0.1) is 0 Å². The summed E-state index contributed by atoms with van der Waals surface area (Å²) in [6, 6.07) is 8.25.